The van der Waals surface area contributed by atoms with E-state index in [9.17, 15) is 0 Å². The van der Waals surface area contributed by atoms with E-state index in [4.69, 9.17) is 37.4 Å². The van der Waals surface area contributed by atoms with Gasteiger partial charge in [-0.1, -0.05) is 77.3 Å². The summed E-state index contributed by atoms with van der Waals surface area (Å²) in [6.45, 7) is 2.08. The first kappa shape index (κ1) is 19.6. The minimum Gasteiger partial charge on any atom is -0.493 e. The number of para-hydroxylation sites is 1. The van der Waals surface area contributed by atoms with Crippen LogP contribution in [0, 0.1) is 12.8 Å². The van der Waals surface area contributed by atoms with E-state index >= 15 is 0 Å². The van der Waals surface area contributed by atoms with Crippen LogP contribution in [0.1, 0.15) is 28.2 Å². The highest BCUT2D eigenvalue weighted by molar-refractivity contribution is 6.52. The predicted molar refractivity (Wildman–Crippen MR) is 119 cm³/mol. The van der Waals surface area contributed by atoms with Crippen LogP contribution in [0.3, 0.4) is 0 Å². The summed E-state index contributed by atoms with van der Waals surface area (Å²) in [5.41, 5.74) is 3.49. The van der Waals surface area contributed by atoms with E-state index in [1.165, 1.54) is 11.1 Å². The Kier molecular flexibility index (Phi) is 4.46. The van der Waals surface area contributed by atoms with Crippen LogP contribution in [-0.4, -0.2) is 18.6 Å². The highest BCUT2D eigenvalue weighted by atomic mass is 35.5. The molecule has 0 spiro atoms. The fourth-order valence-electron chi connectivity index (χ4n) is 4.81. The molecule has 0 N–H and O–H groups in total. The molecule has 3 unspecified atom stereocenters. The number of methoxy groups -OCH3 is 2. The first-order valence-corrected chi connectivity index (χ1v) is 10.6. The number of alkyl halides is 2. The van der Waals surface area contributed by atoms with Gasteiger partial charge in [-0.2, -0.15) is 0 Å². The second kappa shape index (κ2) is 6.83. The Morgan fingerprint density at radius 1 is 0.867 bits per heavy atom. The minimum absolute atomic E-state index is 0.0126. The molecule has 1 aliphatic heterocycles. The minimum atomic E-state index is -1.10. The van der Waals surface area contributed by atoms with Crippen LogP contribution < -0.4 is 14.2 Å². The number of halogens is 2. The molecule has 1 saturated carbocycles. The fourth-order valence-corrected chi connectivity index (χ4v) is 5.79. The van der Waals surface area contributed by atoms with Crippen LogP contribution >= 0.6 is 23.2 Å². The third-order valence-corrected chi connectivity index (χ3v) is 7.38. The predicted octanol–water partition coefficient (Wildman–Crippen LogP) is 6.24. The summed E-state index contributed by atoms with van der Waals surface area (Å²) >= 11 is 14.0. The fraction of sp³-hybridized carbons (Fsp3) is 0.280. The van der Waals surface area contributed by atoms with E-state index in [1.54, 1.807) is 14.2 Å². The Morgan fingerprint density at radius 2 is 1.57 bits per heavy atom. The highest BCUT2D eigenvalue weighted by Gasteiger charge is 2.83. The molecule has 2 aliphatic rings. The molecule has 5 rings (SSSR count). The van der Waals surface area contributed by atoms with Gasteiger partial charge in [0.15, 0.2) is 21.4 Å². The lowest BCUT2D eigenvalue weighted by Crippen LogP contribution is -2.29. The van der Waals surface area contributed by atoms with E-state index in [0.717, 1.165) is 16.9 Å². The van der Waals surface area contributed by atoms with Crippen LogP contribution in [-0.2, 0) is 5.60 Å². The first-order valence-electron chi connectivity index (χ1n) is 9.89. The zero-order valence-corrected chi connectivity index (χ0v) is 18.5. The molecule has 0 amide bonds. The second-order valence-corrected chi connectivity index (χ2v) is 9.32. The zero-order valence-electron chi connectivity index (χ0n) is 17.0. The average Bonchev–Trinajstić information content (AvgIpc) is 3.27. The van der Waals surface area contributed by atoms with E-state index in [-0.39, 0.29) is 11.8 Å². The van der Waals surface area contributed by atoms with E-state index in [0.29, 0.717) is 11.5 Å². The summed E-state index contributed by atoms with van der Waals surface area (Å²) < 4.78 is 16.4. The topological polar surface area (TPSA) is 27.7 Å². The van der Waals surface area contributed by atoms with Crippen LogP contribution in [0.4, 0.5) is 0 Å². The van der Waals surface area contributed by atoms with Gasteiger partial charge in [0.25, 0.3) is 0 Å². The highest BCUT2D eigenvalue weighted by Crippen LogP contribution is 2.77. The van der Waals surface area contributed by atoms with Crippen LogP contribution in [0.2, 0.25) is 0 Å². The maximum absolute atomic E-state index is 7.01. The number of benzene rings is 3. The number of hydrogen-bond donors (Lipinski definition) is 0. The van der Waals surface area contributed by atoms with Crippen molar-refractivity contribution in [2.24, 2.45) is 5.92 Å². The molecule has 3 aromatic carbocycles. The van der Waals surface area contributed by atoms with Gasteiger partial charge in [0, 0.05) is 17.0 Å². The van der Waals surface area contributed by atoms with Crippen molar-refractivity contribution in [3.05, 3.63) is 89.0 Å². The first-order chi connectivity index (χ1) is 14.4. The summed E-state index contributed by atoms with van der Waals surface area (Å²) in [7, 11) is 3.23. The number of hydrogen-bond acceptors (Lipinski definition) is 3. The molecule has 3 atom stereocenters. The summed E-state index contributed by atoms with van der Waals surface area (Å²) in [5.74, 6) is 1.93. The average molecular weight is 441 g/mol. The SMILES string of the molecule is COc1ccc(C23Oc4ccccc4C(c4ccc(C)cc4)C2C3(Cl)Cl)cc1OC. The lowest BCUT2D eigenvalue weighted by Gasteiger charge is -2.32. The lowest BCUT2D eigenvalue weighted by molar-refractivity contribution is 0.137. The zero-order chi connectivity index (χ0) is 21.1. The Balaban J connectivity index is 1.70. The largest absolute Gasteiger partial charge is 0.493 e. The lowest BCUT2D eigenvalue weighted by atomic mass is 9.82. The quantitative estimate of drug-likeness (QED) is 0.449. The van der Waals surface area contributed by atoms with Crippen LogP contribution in [0.5, 0.6) is 17.2 Å². The van der Waals surface area contributed by atoms with Gasteiger partial charge in [-0.25, -0.2) is 0 Å². The van der Waals surface area contributed by atoms with Gasteiger partial charge in [-0.15, -0.1) is 0 Å². The molecule has 3 aromatic rings. The molecule has 30 heavy (non-hydrogen) atoms. The normalized spacial score (nSPS) is 25.5. The Bertz CT molecular complexity index is 1110. The maximum Gasteiger partial charge on any atom is 0.174 e. The van der Waals surface area contributed by atoms with Gasteiger partial charge in [-0.3, -0.25) is 0 Å². The number of ether oxygens (including phenoxy) is 3. The van der Waals surface area contributed by atoms with Gasteiger partial charge in [0.2, 0.25) is 0 Å². The molecular weight excluding hydrogens is 419 g/mol. The Labute approximate surface area is 186 Å². The molecule has 5 heteroatoms. The monoisotopic (exact) mass is 440 g/mol. The maximum atomic E-state index is 7.01. The van der Waals surface area contributed by atoms with Crippen LogP contribution in [0.25, 0.3) is 0 Å². The summed E-state index contributed by atoms with van der Waals surface area (Å²) in [6.07, 6.45) is 0. The van der Waals surface area contributed by atoms with Gasteiger partial charge < -0.3 is 14.2 Å². The van der Waals surface area contributed by atoms with Crippen molar-refractivity contribution in [2.45, 2.75) is 22.8 Å². The molecule has 3 nitrogen and oxygen atoms in total. The number of fused-ring (bicyclic) bond motifs is 2. The van der Waals surface area contributed by atoms with E-state index in [1.807, 2.05) is 36.4 Å². The van der Waals surface area contributed by atoms with E-state index in [2.05, 4.69) is 37.3 Å². The molecule has 1 heterocycles. The van der Waals surface area contributed by atoms with Gasteiger partial charge >= 0.3 is 0 Å². The van der Waals surface area contributed by atoms with Crippen molar-refractivity contribution in [2.75, 3.05) is 14.2 Å². The van der Waals surface area contributed by atoms with Crippen LogP contribution in [0.15, 0.2) is 66.7 Å². The second-order valence-electron chi connectivity index (χ2n) is 7.93. The summed E-state index contributed by atoms with van der Waals surface area (Å²) in [4.78, 5) is 0. The Hall–Kier alpha value is -2.36. The van der Waals surface area contributed by atoms with Crippen molar-refractivity contribution in [3.63, 3.8) is 0 Å². The van der Waals surface area contributed by atoms with Gasteiger partial charge in [0.1, 0.15) is 5.75 Å². The van der Waals surface area contributed by atoms with Crippen molar-refractivity contribution < 1.29 is 14.2 Å². The third kappa shape index (κ3) is 2.58. The number of aryl methyl sites for hydroxylation is 1. The summed E-state index contributed by atoms with van der Waals surface area (Å²) in [6, 6.07) is 22.4. The number of rotatable bonds is 4. The van der Waals surface area contributed by atoms with Crippen molar-refractivity contribution in [1.82, 2.24) is 0 Å². The standard InChI is InChI=1S/C25H22Cl2O3/c1-15-8-10-16(11-9-15)22-18-6-4-5-7-19(18)30-24(23(22)25(24,26)27)17-12-13-20(28-2)21(14-17)29-3/h4-14,22-23H,1-3H3. The molecule has 1 fully saturated rings. The van der Waals surface area contributed by atoms with E-state index < -0.39 is 9.93 Å². The van der Waals surface area contributed by atoms with Gasteiger partial charge in [-0.05, 0) is 30.7 Å². The smallest absolute Gasteiger partial charge is 0.174 e. The molecular formula is C25H22Cl2O3. The molecule has 154 valence electrons. The molecule has 0 saturated heterocycles. The van der Waals surface area contributed by atoms with Crippen molar-refractivity contribution in [1.29, 1.82) is 0 Å². The summed E-state index contributed by atoms with van der Waals surface area (Å²) in [5, 5.41) is 0. The molecule has 0 bridgehead atoms. The Morgan fingerprint density at radius 3 is 2.27 bits per heavy atom. The van der Waals surface area contributed by atoms with Crippen molar-refractivity contribution >= 4 is 23.2 Å². The van der Waals surface area contributed by atoms with Crippen molar-refractivity contribution in [3.8, 4) is 17.2 Å². The molecule has 1 aliphatic carbocycles. The third-order valence-electron chi connectivity index (χ3n) is 6.35. The molecule has 0 aromatic heterocycles. The van der Waals surface area contributed by atoms with Gasteiger partial charge in [0.05, 0.1) is 20.1 Å². The molecule has 0 radical (unpaired) electrons.